The second-order valence-corrected chi connectivity index (χ2v) is 17.9. The number of para-hydroxylation sites is 1. The summed E-state index contributed by atoms with van der Waals surface area (Å²) < 4.78 is 15.2. The highest BCUT2D eigenvalue weighted by atomic mass is 19.1. The number of aromatic amines is 1. The van der Waals surface area contributed by atoms with E-state index in [4.69, 9.17) is 9.97 Å². The van der Waals surface area contributed by atoms with E-state index in [9.17, 15) is 14.4 Å². The molecule has 13 heteroatoms. The molecule has 1 unspecified atom stereocenters. The Kier molecular flexibility index (Phi) is 10.5. The number of hydrogen-bond acceptors (Lipinski definition) is 9. The van der Waals surface area contributed by atoms with Crippen molar-refractivity contribution in [3.05, 3.63) is 82.8 Å². The lowest BCUT2D eigenvalue weighted by Gasteiger charge is -2.42. The Labute approximate surface area is 340 Å². The number of piperazine rings is 1. The van der Waals surface area contributed by atoms with Crippen molar-refractivity contribution in [2.24, 2.45) is 5.92 Å². The van der Waals surface area contributed by atoms with E-state index in [1.807, 2.05) is 24.5 Å². The molecule has 0 spiro atoms. The first-order valence-corrected chi connectivity index (χ1v) is 21.3. The van der Waals surface area contributed by atoms with Crippen molar-refractivity contribution < 1.29 is 18.8 Å². The third kappa shape index (κ3) is 7.70. The maximum absolute atomic E-state index is 15.2. The van der Waals surface area contributed by atoms with E-state index in [1.54, 1.807) is 18.7 Å². The number of benzene rings is 2. The van der Waals surface area contributed by atoms with Gasteiger partial charge in [0.05, 0.1) is 6.04 Å². The molecule has 2 N–H and O–H groups in total. The molecule has 2 aromatic heterocycles. The van der Waals surface area contributed by atoms with Gasteiger partial charge in [0, 0.05) is 111 Å². The van der Waals surface area contributed by atoms with Crippen LogP contribution in [0, 0.1) is 5.92 Å². The van der Waals surface area contributed by atoms with Gasteiger partial charge < -0.3 is 19.7 Å². The van der Waals surface area contributed by atoms with Gasteiger partial charge in [-0.25, -0.2) is 14.4 Å². The van der Waals surface area contributed by atoms with Gasteiger partial charge in [-0.05, 0) is 107 Å². The molecule has 0 saturated carbocycles. The zero-order valence-electron chi connectivity index (χ0n) is 34.1. The second-order valence-electron chi connectivity index (χ2n) is 17.9. The highest BCUT2D eigenvalue weighted by molar-refractivity contribution is 6.05. The Bertz CT molecular complexity index is 2170. The van der Waals surface area contributed by atoms with Gasteiger partial charge in [-0.2, -0.15) is 0 Å². The molecular formula is C45H56FN9O3. The van der Waals surface area contributed by atoms with Crippen molar-refractivity contribution >= 4 is 40.3 Å². The van der Waals surface area contributed by atoms with E-state index >= 15 is 4.39 Å². The molecule has 5 aliphatic rings. The summed E-state index contributed by atoms with van der Waals surface area (Å²) in [5.74, 6) is 0.703. The van der Waals surface area contributed by atoms with Crippen molar-refractivity contribution in [1.29, 1.82) is 0 Å². The molecule has 306 valence electrons. The summed E-state index contributed by atoms with van der Waals surface area (Å²) in [4.78, 5) is 61.9. The van der Waals surface area contributed by atoms with Crippen LogP contribution in [0.25, 0.3) is 10.9 Å². The minimum Gasteiger partial charge on any atom is -0.369 e. The number of imide groups is 1. The quantitative estimate of drug-likeness (QED) is 0.197. The van der Waals surface area contributed by atoms with Gasteiger partial charge in [0.2, 0.25) is 17.8 Å². The Morgan fingerprint density at radius 3 is 2.41 bits per heavy atom. The molecular weight excluding hydrogens is 734 g/mol. The number of H-pyrrole nitrogens is 1. The number of carbonyl (C=O) groups excluding carboxylic acids is 3. The highest BCUT2D eigenvalue weighted by Gasteiger charge is 2.41. The number of nitrogens with zero attached hydrogens (tertiary/aromatic N) is 7. The number of nitrogens with one attached hydrogen (secondary N) is 2. The second kappa shape index (κ2) is 15.7. The summed E-state index contributed by atoms with van der Waals surface area (Å²) in [6.07, 6.45) is 10.1. The van der Waals surface area contributed by atoms with Gasteiger partial charge >= 0.3 is 0 Å². The molecule has 2 aromatic carbocycles. The monoisotopic (exact) mass is 789 g/mol. The van der Waals surface area contributed by atoms with Crippen LogP contribution in [-0.2, 0) is 22.6 Å². The lowest BCUT2D eigenvalue weighted by Crippen LogP contribution is -2.52. The number of amides is 3. The molecule has 5 aliphatic heterocycles. The number of aromatic nitrogens is 3. The summed E-state index contributed by atoms with van der Waals surface area (Å²) in [7, 11) is 0. The SMILES string of the molecule is C[C@@H]1Cc2c([nH]c3ccccc23)[C@@H](c2cnc(N3CCC(CCCN4CCN(c5ccc6c(c5)CN(C5CCC(=O)NC5=O)C6=O)CC4)CC3)nc2)N1CC(C)(C)F. The average Bonchev–Trinajstić information content (AvgIpc) is 3.74. The molecule has 0 aliphatic carbocycles. The Morgan fingerprint density at radius 2 is 1.67 bits per heavy atom. The van der Waals surface area contributed by atoms with E-state index in [2.05, 4.69) is 67.2 Å². The normalized spacial score (nSPS) is 23.8. The third-order valence-electron chi connectivity index (χ3n) is 13.3. The predicted octanol–water partition coefficient (Wildman–Crippen LogP) is 5.62. The van der Waals surface area contributed by atoms with Crippen LogP contribution in [0.2, 0.25) is 0 Å². The van der Waals surface area contributed by atoms with Crippen LogP contribution in [-0.4, -0.2) is 117 Å². The van der Waals surface area contributed by atoms with Crippen LogP contribution in [0.3, 0.4) is 0 Å². The molecule has 3 atom stereocenters. The van der Waals surface area contributed by atoms with E-state index < -0.39 is 11.7 Å². The average molecular weight is 790 g/mol. The summed E-state index contributed by atoms with van der Waals surface area (Å²) in [6.45, 7) is 13.2. The molecule has 0 bridgehead atoms. The maximum atomic E-state index is 15.2. The van der Waals surface area contributed by atoms with E-state index in [-0.39, 0.29) is 36.2 Å². The lowest BCUT2D eigenvalue weighted by molar-refractivity contribution is -0.136. The van der Waals surface area contributed by atoms with Crippen molar-refractivity contribution in [2.45, 2.75) is 96.1 Å². The van der Waals surface area contributed by atoms with E-state index in [1.165, 1.54) is 23.8 Å². The van der Waals surface area contributed by atoms with Crippen LogP contribution in [0.5, 0.6) is 0 Å². The number of anilines is 2. The summed E-state index contributed by atoms with van der Waals surface area (Å²) in [5, 5.41) is 3.62. The topological polar surface area (TPSA) is 121 Å². The summed E-state index contributed by atoms with van der Waals surface area (Å²) in [6, 6.07) is 13.9. The van der Waals surface area contributed by atoms with E-state index in [0.29, 0.717) is 31.0 Å². The van der Waals surface area contributed by atoms with Crippen LogP contribution < -0.4 is 15.1 Å². The molecule has 0 radical (unpaired) electrons. The largest absolute Gasteiger partial charge is 0.369 e. The first-order chi connectivity index (χ1) is 28.0. The number of piperidine rings is 2. The van der Waals surface area contributed by atoms with Crippen molar-refractivity contribution in [2.75, 3.05) is 62.2 Å². The van der Waals surface area contributed by atoms with Crippen LogP contribution in [0.1, 0.15) is 98.1 Å². The number of rotatable bonds is 10. The minimum absolute atomic E-state index is 0.128. The molecule has 12 nitrogen and oxygen atoms in total. The summed E-state index contributed by atoms with van der Waals surface area (Å²) in [5.41, 5.74) is 5.94. The van der Waals surface area contributed by atoms with E-state index in [0.717, 1.165) is 99.0 Å². The zero-order chi connectivity index (χ0) is 40.1. The molecule has 9 rings (SSSR count). The van der Waals surface area contributed by atoms with Crippen molar-refractivity contribution in [1.82, 2.24) is 35.0 Å². The van der Waals surface area contributed by atoms with Gasteiger partial charge in [0.15, 0.2) is 0 Å². The van der Waals surface area contributed by atoms with Gasteiger partial charge in [-0.1, -0.05) is 18.2 Å². The van der Waals surface area contributed by atoms with Gasteiger partial charge in [-0.3, -0.25) is 29.5 Å². The van der Waals surface area contributed by atoms with Crippen LogP contribution in [0.4, 0.5) is 16.0 Å². The first kappa shape index (κ1) is 38.6. The third-order valence-corrected chi connectivity index (χ3v) is 13.3. The molecule has 7 heterocycles. The molecule has 58 heavy (non-hydrogen) atoms. The smallest absolute Gasteiger partial charge is 0.255 e. The van der Waals surface area contributed by atoms with Crippen molar-refractivity contribution in [3.8, 4) is 0 Å². The van der Waals surface area contributed by atoms with Gasteiger partial charge in [0.25, 0.3) is 5.91 Å². The van der Waals surface area contributed by atoms with Gasteiger partial charge in [-0.15, -0.1) is 0 Å². The fourth-order valence-electron chi connectivity index (χ4n) is 10.2. The Balaban J connectivity index is 0.745. The molecule has 4 aromatic rings. The fraction of sp³-hybridized carbons (Fsp3) is 0.533. The molecule has 3 amide bonds. The standard InChI is InChI=1S/C45H56FN9O3/c1-29-23-36-35-8-4-5-9-37(35)49-40(36)41(55(29)28-45(2,3)46)32-25-47-44(48-26-32)53-17-14-30(15-18-53)7-6-16-51-19-21-52(22-20-51)33-10-11-34-31(24-33)27-54(43(34)58)38-12-13-39(56)50-42(38)57/h4-5,8-11,24-26,29-30,38,41,49H,6-7,12-23,27-28H2,1-3H3,(H,50,56,57)/t29-,38?,41-/m1/s1. The Morgan fingerprint density at radius 1 is 0.914 bits per heavy atom. The van der Waals surface area contributed by atoms with Gasteiger partial charge in [0.1, 0.15) is 11.7 Å². The number of halogens is 1. The molecule has 3 saturated heterocycles. The fourth-order valence-corrected chi connectivity index (χ4v) is 10.2. The Hall–Kier alpha value is -4.88. The minimum atomic E-state index is -1.34. The number of alkyl halides is 1. The number of hydrogen-bond donors (Lipinski definition) is 2. The summed E-state index contributed by atoms with van der Waals surface area (Å²) >= 11 is 0. The first-order valence-electron chi connectivity index (χ1n) is 21.3. The highest BCUT2D eigenvalue weighted by Crippen LogP contribution is 2.42. The lowest BCUT2D eigenvalue weighted by atomic mass is 9.88. The van der Waals surface area contributed by atoms with Crippen molar-refractivity contribution in [3.63, 3.8) is 0 Å². The predicted molar refractivity (Wildman–Crippen MR) is 223 cm³/mol. The van der Waals surface area contributed by atoms with Crippen LogP contribution in [0.15, 0.2) is 54.9 Å². The van der Waals surface area contributed by atoms with Crippen LogP contribution >= 0.6 is 0 Å². The zero-order valence-corrected chi connectivity index (χ0v) is 34.1. The molecule has 3 fully saturated rings. The number of carbonyl (C=O) groups is 3. The number of fused-ring (bicyclic) bond motifs is 4. The maximum Gasteiger partial charge on any atom is 0.255 e.